The van der Waals surface area contributed by atoms with Gasteiger partial charge in [-0.2, -0.15) is 5.26 Å². The van der Waals surface area contributed by atoms with E-state index in [4.69, 9.17) is 4.74 Å². The van der Waals surface area contributed by atoms with E-state index in [-0.39, 0.29) is 0 Å². The lowest BCUT2D eigenvalue weighted by Gasteiger charge is -2.12. The smallest absolute Gasteiger partial charge is 0.127 e. The van der Waals surface area contributed by atoms with Crippen LogP contribution in [0.4, 0.5) is 5.69 Å². The van der Waals surface area contributed by atoms with Gasteiger partial charge in [-0.1, -0.05) is 24.3 Å². The lowest BCUT2D eigenvalue weighted by atomic mass is 10.0. The van der Waals surface area contributed by atoms with Crippen molar-refractivity contribution in [2.45, 2.75) is 0 Å². The highest BCUT2D eigenvalue weighted by atomic mass is 16.5. The summed E-state index contributed by atoms with van der Waals surface area (Å²) in [5.74, 6) is 0.704. The Kier molecular flexibility index (Phi) is 4.63. The highest BCUT2D eigenvalue weighted by Gasteiger charge is 2.07. The maximum atomic E-state index is 9.42. The Balaban J connectivity index is 2.39. The molecule has 0 bridgehead atoms. The molecule has 2 rings (SSSR count). The first-order valence-corrected chi connectivity index (χ1v) is 6.68. The van der Waals surface area contributed by atoms with E-state index in [9.17, 15) is 5.26 Å². The van der Waals surface area contributed by atoms with Gasteiger partial charge in [-0.25, -0.2) is 0 Å². The fraction of sp³-hybridized carbons (Fsp3) is 0.167. The van der Waals surface area contributed by atoms with Crippen LogP contribution in [0.25, 0.3) is 11.6 Å². The van der Waals surface area contributed by atoms with E-state index in [0.29, 0.717) is 11.3 Å². The van der Waals surface area contributed by atoms with Gasteiger partial charge in [0.2, 0.25) is 0 Å². The number of nitrogens with zero attached hydrogens (tertiary/aromatic N) is 2. The summed E-state index contributed by atoms with van der Waals surface area (Å²) in [6, 6.07) is 17.9. The van der Waals surface area contributed by atoms with Crippen LogP contribution < -0.4 is 9.64 Å². The summed E-state index contributed by atoms with van der Waals surface area (Å²) in [5, 5.41) is 9.42. The number of nitriles is 1. The summed E-state index contributed by atoms with van der Waals surface area (Å²) < 4.78 is 5.32. The molecule has 0 unspecified atom stereocenters. The van der Waals surface area contributed by atoms with E-state index >= 15 is 0 Å². The second-order valence-corrected chi connectivity index (χ2v) is 4.86. The Labute approximate surface area is 125 Å². The van der Waals surface area contributed by atoms with E-state index in [1.165, 1.54) is 0 Å². The van der Waals surface area contributed by atoms with Crippen LogP contribution in [0.2, 0.25) is 0 Å². The SMILES string of the molecule is COc1ccccc1/C(C#N)=C/c1ccc(N(C)C)cc1. The maximum absolute atomic E-state index is 9.42. The standard InChI is InChI=1S/C18H18N2O/c1-20(2)16-10-8-14(9-11-16)12-15(13-19)17-6-4-5-7-18(17)21-3/h4-12H,1-3H3/b15-12+. The topological polar surface area (TPSA) is 36.3 Å². The molecule has 0 N–H and O–H groups in total. The molecule has 2 aromatic rings. The van der Waals surface area contributed by atoms with Crippen molar-refractivity contribution in [1.29, 1.82) is 5.26 Å². The predicted octanol–water partition coefficient (Wildman–Crippen LogP) is 3.83. The normalized spacial score (nSPS) is 10.9. The molecule has 0 radical (unpaired) electrons. The van der Waals surface area contributed by atoms with Crippen molar-refractivity contribution in [3.05, 3.63) is 59.7 Å². The summed E-state index contributed by atoms with van der Waals surface area (Å²) in [5.41, 5.74) is 3.51. The molecule has 0 aliphatic rings. The molecule has 2 aromatic carbocycles. The van der Waals surface area contributed by atoms with Crippen LogP contribution in [0, 0.1) is 11.3 Å². The van der Waals surface area contributed by atoms with Gasteiger partial charge in [0.05, 0.1) is 18.8 Å². The minimum atomic E-state index is 0.588. The van der Waals surface area contributed by atoms with E-state index in [1.54, 1.807) is 7.11 Å². The van der Waals surface area contributed by atoms with E-state index in [1.807, 2.05) is 73.6 Å². The fourth-order valence-corrected chi connectivity index (χ4v) is 2.07. The van der Waals surface area contributed by atoms with Gasteiger partial charge < -0.3 is 9.64 Å². The van der Waals surface area contributed by atoms with E-state index < -0.39 is 0 Å². The number of allylic oxidation sites excluding steroid dienone is 1. The van der Waals surface area contributed by atoms with Crippen molar-refractivity contribution in [1.82, 2.24) is 0 Å². The molecule has 21 heavy (non-hydrogen) atoms. The molecule has 3 nitrogen and oxygen atoms in total. The molecular formula is C18H18N2O. The Morgan fingerprint density at radius 1 is 1.10 bits per heavy atom. The van der Waals surface area contributed by atoms with Gasteiger partial charge in [-0.15, -0.1) is 0 Å². The van der Waals surface area contributed by atoms with Gasteiger partial charge in [0, 0.05) is 25.3 Å². The average Bonchev–Trinajstić information content (AvgIpc) is 2.53. The fourth-order valence-electron chi connectivity index (χ4n) is 2.07. The number of benzene rings is 2. The summed E-state index contributed by atoms with van der Waals surface area (Å²) in [6.45, 7) is 0. The minimum absolute atomic E-state index is 0.588. The molecule has 0 saturated carbocycles. The summed E-state index contributed by atoms with van der Waals surface area (Å²) in [6.07, 6.45) is 1.87. The van der Waals surface area contributed by atoms with Gasteiger partial charge in [0.1, 0.15) is 5.75 Å². The van der Waals surface area contributed by atoms with E-state index in [2.05, 4.69) is 6.07 Å². The first kappa shape index (κ1) is 14.7. The zero-order valence-corrected chi connectivity index (χ0v) is 12.5. The molecule has 106 valence electrons. The number of methoxy groups -OCH3 is 1. The van der Waals surface area contributed by atoms with E-state index in [0.717, 1.165) is 16.8 Å². The summed E-state index contributed by atoms with van der Waals surface area (Å²) >= 11 is 0. The lowest BCUT2D eigenvalue weighted by Crippen LogP contribution is -2.07. The molecule has 0 heterocycles. The molecule has 3 heteroatoms. The van der Waals surface area contributed by atoms with Crippen molar-refractivity contribution in [3.63, 3.8) is 0 Å². The van der Waals surface area contributed by atoms with Gasteiger partial charge in [0.15, 0.2) is 0 Å². The average molecular weight is 278 g/mol. The quantitative estimate of drug-likeness (QED) is 0.630. The Bertz CT molecular complexity index is 679. The van der Waals surface area contributed by atoms with Crippen molar-refractivity contribution >= 4 is 17.3 Å². The summed E-state index contributed by atoms with van der Waals surface area (Å²) in [7, 11) is 5.61. The van der Waals surface area contributed by atoms with Crippen LogP contribution in [0.3, 0.4) is 0 Å². The number of hydrogen-bond acceptors (Lipinski definition) is 3. The van der Waals surface area contributed by atoms with Crippen molar-refractivity contribution in [3.8, 4) is 11.8 Å². The van der Waals surface area contributed by atoms with Gasteiger partial charge >= 0.3 is 0 Å². The molecule has 0 amide bonds. The molecule has 0 aromatic heterocycles. The second kappa shape index (κ2) is 6.62. The highest BCUT2D eigenvalue weighted by Crippen LogP contribution is 2.27. The molecule has 0 saturated heterocycles. The largest absolute Gasteiger partial charge is 0.496 e. The first-order chi connectivity index (χ1) is 10.2. The molecule has 0 atom stereocenters. The first-order valence-electron chi connectivity index (χ1n) is 6.68. The third-order valence-electron chi connectivity index (χ3n) is 3.24. The number of ether oxygens (including phenoxy) is 1. The third-order valence-corrected chi connectivity index (χ3v) is 3.24. The zero-order valence-electron chi connectivity index (χ0n) is 12.5. The molecule has 0 fully saturated rings. The lowest BCUT2D eigenvalue weighted by molar-refractivity contribution is 0.413. The van der Waals surface area contributed by atoms with Crippen molar-refractivity contribution in [2.75, 3.05) is 26.1 Å². The van der Waals surface area contributed by atoms with Gasteiger partial charge in [-0.05, 0) is 35.9 Å². The Morgan fingerprint density at radius 3 is 2.33 bits per heavy atom. The van der Waals surface area contributed by atoms with Crippen LogP contribution in [0.5, 0.6) is 5.75 Å². The molecule has 0 aliphatic heterocycles. The molecule has 0 aliphatic carbocycles. The number of rotatable bonds is 4. The predicted molar refractivity (Wildman–Crippen MR) is 87.2 cm³/mol. The molecule has 0 spiro atoms. The third kappa shape index (κ3) is 3.43. The molecular weight excluding hydrogens is 260 g/mol. The number of anilines is 1. The number of hydrogen-bond donors (Lipinski definition) is 0. The van der Waals surface area contributed by atoms with Crippen LogP contribution in [0.1, 0.15) is 11.1 Å². The van der Waals surface area contributed by atoms with Crippen LogP contribution >= 0.6 is 0 Å². The Hall–Kier alpha value is -2.73. The maximum Gasteiger partial charge on any atom is 0.127 e. The monoisotopic (exact) mass is 278 g/mol. The van der Waals surface area contributed by atoms with Crippen LogP contribution in [-0.2, 0) is 0 Å². The summed E-state index contributed by atoms with van der Waals surface area (Å²) in [4.78, 5) is 2.04. The van der Waals surface area contributed by atoms with Crippen molar-refractivity contribution < 1.29 is 4.74 Å². The van der Waals surface area contributed by atoms with Gasteiger partial charge in [-0.3, -0.25) is 0 Å². The number of para-hydroxylation sites is 1. The minimum Gasteiger partial charge on any atom is -0.496 e. The zero-order chi connectivity index (χ0) is 15.2. The Morgan fingerprint density at radius 2 is 1.76 bits per heavy atom. The van der Waals surface area contributed by atoms with Crippen LogP contribution in [-0.4, -0.2) is 21.2 Å². The highest BCUT2D eigenvalue weighted by molar-refractivity contribution is 5.91. The van der Waals surface area contributed by atoms with Crippen molar-refractivity contribution in [2.24, 2.45) is 0 Å². The second-order valence-electron chi connectivity index (χ2n) is 4.86. The van der Waals surface area contributed by atoms with Crippen LogP contribution in [0.15, 0.2) is 48.5 Å². The van der Waals surface area contributed by atoms with Gasteiger partial charge in [0.25, 0.3) is 0 Å².